The summed E-state index contributed by atoms with van der Waals surface area (Å²) >= 11 is 0. The molecule has 8 nitrogen and oxygen atoms in total. The lowest BCUT2D eigenvalue weighted by molar-refractivity contribution is -0.149. The van der Waals surface area contributed by atoms with Gasteiger partial charge in [0.15, 0.2) is 5.60 Å². The van der Waals surface area contributed by atoms with Crippen molar-refractivity contribution < 1.29 is 33.5 Å². The first kappa shape index (κ1) is 22.8. The highest BCUT2D eigenvalue weighted by Gasteiger charge is 2.46. The molecule has 1 saturated carbocycles. The minimum atomic E-state index is -3.37. The monoisotopic (exact) mass is 419 g/mol. The van der Waals surface area contributed by atoms with Gasteiger partial charge in [-0.05, 0) is 49.5 Å². The Morgan fingerprint density at radius 1 is 1.23 bits per heavy atom. The number of primary amides is 1. The van der Waals surface area contributed by atoms with E-state index in [4.69, 9.17) is 10.9 Å². The van der Waals surface area contributed by atoms with Crippen LogP contribution in [-0.4, -0.2) is 46.1 Å². The largest absolute Gasteiger partial charge is 0.381 e. The Kier molecular flexibility index (Phi) is 7.11. The number of hydroxylamine groups is 1. The Bertz CT molecular complexity index is 955. The summed E-state index contributed by atoms with van der Waals surface area (Å²) in [5, 5.41) is 20.5. The van der Waals surface area contributed by atoms with Crippen LogP contribution in [0.3, 0.4) is 0 Å². The Morgan fingerprint density at radius 3 is 2.37 bits per heavy atom. The van der Waals surface area contributed by atoms with Crippen LogP contribution >= 0.6 is 0 Å². The Balaban J connectivity index is 2.04. The van der Waals surface area contributed by atoms with Crippen molar-refractivity contribution in [1.82, 2.24) is 10.8 Å². The van der Waals surface area contributed by atoms with E-state index in [0.717, 1.165) is 5.48 Å². The summed E-state index contributed by atoms with van der Waals surface area (Å²) in [6, 6.07) is 3.51. The van der Waals surface area contributed by atoms with Crippen molar-refractivity contribution in [3.63, 3.8) is 0 Å². The van der Waals surface area contributed by atoms with Gasteiger partial charge in [0.2, 0.25) is 5.91 Å². The number of amides is 3. The van der Waals surface area contributed by atoms with Crippen molar-refractivity contribution in [2.75, 3.05) is 0 Å². The third-order valence-corrected chi connectivity index (χ3v) is 4.50. The highest BCUT2D eigenvalue weighted by atomic mass is 19.3. The number of carbonyl (C=O) groups excluding carboxylic acids is 3. The standard InChI is InChI=1S/C20H19F2N3O5/c1-20(29,19(21)22)15(18(28)25-30)24-17(27)12-8-6-11(7-9-12)4-2-3-5-13-10-14(13)16(23)26/h6-9,13-15,19,29-30H,10H2,1H3,(H2,23,26)(H,24,27)(H,25,28)/t13?,14?,15-,20?/m1/s1. The second-order valence-electron chi connectivity index (χ2n) is 6.86. The molecule has 1 aliphatic carbocycles. The van der Waals surface area contributed by atoms with Gasteiger partial charge in [0.05, 0.1) is 5.92 Å². The lowest BCUT2D eigenvalue weighted by atomic mass is 9.95. The van der Waals surface area contributed by atoms with Crippen molar-refractivity contribution in [1.29, 1.82) is 0 Å². The number of nitrogens with two attached hydrogens (primary N) is 1. The van der Waals surface area contributed by atoms with Gasteiger partial charge in [-0.15, -0.1) is 0 Å². The van der Waals surface area contributed by atoms with Crippen molar-refractivity contribution in [2.24, 2.45) is 17.6 Å². The molecular weight excluding hydrogens is 400 g/mol. The molecule has 1 fully saturated rings. The predicted molar refractivity (Wildman–Crippen MR) is 99.7 cm³/mol. The Hall–Kier alpha value is -3.47. The Labute approximate surface area is 170 Å². The first-order chi connectivity index (χ1) is 14.1. The van der Waals surface area contributed by atoms with Gasteiger partial charge >= 0.3 is 0 Å². The van der Waals surface area contributed by atoms with Crippen LogP contribution in [0.25, 0.3) is 0 Å². The highest BCUT2D eigenvalue weighted by Crippen LogP contribution is 2.37. The van der Waals surface area contributed by atoms with Gasteiger partial charge in [0.25, 0.3) is 18.2 Å². The zero-order chi connectivity index (χ0) is 22.5. The molecule has 1 aliphatic rings. The van der Waals surface area contributed by atoms with Crippen LogP contribution in [0.5, 0.6) is 0 Å². The van der Waals surface area contributed by atoms with Crippen LogP contribution in [0.15, 0.2) is 24.3 Å². The minimum Gasteiger partial charge on any atom is -0.381 e. The molecule has 2 rings (SSSR count). The third kappa shape index (κ3) is 5.54. The topological polar surface area (TPSA) is 142 Å². The Morgan fingerprint density at radius 2 is 1.87 bits per heavy atom. The second-order valence-corrected chi connectivity index (χ2v) is 6.86. The molecule has 10 heteroatoms. The fourth-order valence-electron chi connectivity index (χ4n) is 2.49. The van der Waals surface area contributed by atoms with Gasteiger partial charge in [-0.3, -0.25) is 19.6 Å². The molecule has 0 spiro atoms. The number of halogens is 2. The molecule has 1 aromatic carbocycles. The van der Waals surface area contributed by atoms with Gasteiger partial charge in [0, 0.05) is 17.0 Å². The minimum absolute atomic E-state index is 0.00900. The van der Waals surface area contributed by atoms with Crippen LogP contribution in [0, 0.1) is 35.5 Å². The molecule has 30 heavy (non-hydrogen) atoms. The average Bonchev–Trinajstić information content (AvgIpc) is 3.49. The lowest BCUT2D eigenvalue weighted by Gasteiger charge is -2.30. The van der Waals surface area contributed by atoms with E-state index in [2.05, 4.69) is 23.7 Å². The van der Waals surface area contributed by atoms with Crippen LogP contribution in [0.2, 0.25) is 0 Å². The van der Waals surface area contributed by atoms with Gasteiger partial charge < -0.3 is 16.2 Å². The van der Waals surface area contributed by atoms with E-state index < -0.39 is 29.9 Å². The zero-order valence-corrected chi connectivity index (χ0v) is 15.8. The maximum absolute atomic E-state index is 13.0. The van der Waals surface area contributed by atoms with Gasteiger partial charge in [-0.25, -0.2) is 14.3 Å². The fourth-order valence-corrected chi connectivity index (χ4v) is 2.49. The summed E-state index contributed by atoms with van der Waals surface area (Å²) in [5.74, 6) is 7.79. The number of carbonyl (C=O) groups is 3. The summed E-state index contributed by atoms with van der Waals surface area (Å²) in [6.07, 6.45) is -2.74. The molecule has 4 atom stereocenters. The number of benzene rings is 1. The van der Waals surface area contributed by atoms with Crippen LogP contribution in [0.1, 0.15) is 29.3 Å². The molecule has 0 bridgehead atoms. The molecule has 3 unspecified atom stereocenters. The molecule has 6 N–H and O–H groups in total. The predicted octanol–water partition coefficient (Wildman–Crippen LogP) is -0.217. The van der Waals surface area contributed by atoms with Crippen molar-refractivity contribution >= 4 is 17.7 Å². The summed E-state index contributed by atoms with van der Waals surface area (Å²) < 4.78 is 26.0. The summed E-state index contributed by atoms with van der Waals surface area (Å²) in [6.45, 7) is 0.658. The first-order valence-corrected chi connectivity index (χ1v) is 8.74. The molecule has 0 heterocycles. The molecule has 0 saturated heterocycles. The normalized spacial score (nSPS) is 19.8. The van der Waals surface area contributed by atoms with E-state index >= 15 is 0 Å². The smallest absolute Gasteiger partial charge is 0.269 e. The van der Waals surface area contributed by atoms with Crippen LogP contribution in [0.4, 0.5) is 8.78 Å². The van der Waals surface area contributed by atoms with Gasteiger partial charge in [0.1, 0.15) is 6.04 Å². The SMILES string of the molecule is CC(O)(C(F)F)[C@H](NC(=O)c1ccc(C#CC#CC2CC2C(N)=O)cc1)C(=O)NO. The van der Waals surface area contributed by atoms with E-state index in [1.807, 2.05) is 5.32 Å². The number of nitrogens with one attached hydrogen (secondary N) is 2. The maximum Gasteiger partial charge on any atom is 0.269 e. The van der Waals surface area contributed by atoms with E-state index in [1.54, 1.807) is 0 Å². The molecule has 0 aromatic heterocycles. The van der Waals surface area contributed by atoms with Gasteiger partial charge in [-0.1, -0.05) is 11.8 Å². The van der Waals surface area contributed by atoms with E-state index in [9.17, 15) is 28.3 Å². The van der Waals surface area contributed by atoms with Crippen molar-refractivity contribution in [2.45, 2.75) is 31.4 Å². The van der Waals surface area contributed by atoms with E-state index in [-0.39, 0.29) is 23.3 Å². The van der Waals surface area contributed by atoms with Crippen molar-refractivity contribution in [3.8, 4) is 23.7 Å². The molecule has 3 amide bonds. The van der Waals surface area contributed by atoms with Crippen LogP contribution in [-0.2, 0) is 9.59 Å². The van der Waals surface area contributed by atoms with E-state index in [1.165, 1.54) is 24.3 Å². The molecular formula is C20H19F2N3O5. The summed E-state index contributed by atoms with van der Waals surface area (Å²) in [7, 11) is 0. The number of alkyl halides is 2. The lowest BCUT2D eigenvalue weighted by Crippen LogP contribution is -2.61. The number of hydrogen-bond donors (Lipinski definition) is 5. The van der Waals surface area contributed by atoms with Gasteiger partial charge in [-0.2, -0.15) is 0 Å². The molecule has 0 radical (unpaired) electrons. The van der Waals surface area contributed by atoms with Crippen molar-refractivity contribution in [3.05, 3.63) is 35.4 Å². The number of rotatable bonds is 6. The number of hydrogen-bond acceptors (Lipinski definition) is 5. The zero-order valence-electron chi connectivity index (χ0n) is 15.8. The maximum atomic E-state index is 13.0. The fraction of sp³-hybridized carbons (Fsp3) is 0.350. The summed E-state index contributed by atoms with van der Waals surface area (Å²) in [5.41, 5.74) is 3.89. The summed E-state index contributed by atoms with van der Waals surface area (Å²) in [4.78, 5) is 34.8. The highest BCUT2D eigenvalue weighted by molar-refractivity contribution is 5.97. The molecule has 0 aliphatic heterocycles. The van der Waals surface area contributed by atoms with E-state index in [0.29, 0.717) is 18.9 Å². The quantitative estimate of drug-likeness (QED) is 0.246. The molecule has 1 aromatic rings. The second kappa shape index (κ2) is 9.35. The van der Waals surface area contributed by atoms with Crippen LogP contribution < -0.4 is 16.5 Å². The first-order valence-electron chi connectivity index (χ1n) is 8.74. The number of aliphatic hydroxyl groups is 1. The average molecular weight is 419 g/mol. The molecule has 158 valence electrons. The third-order valence-electron chi connectivity index (χ3n) is 4.50.